The summed E-state index contributed by atoms with van der Waals surface area (Å²) in [5.41, 5.74) is 7.77. The fraction of sp³-hybridized carbons (Fsp3) is 0.0286. The van der Waals surface area contributed by atoms with Gasteiger partial charge in [-0.15, -0.1) is 0 Å². The lowest BCUT2D eigenvalue weighted by Crippen LogP contribution is -2.11. The summed E-state index contributed by atoms with van der Waals surface area (Å²) in [4.78, 5) is 2.32. The number of fused-ring (bicyclic) bond motifs is 3. The van der Waals surface area contributed by atoms with Crippen LogP contribution < -0.4 is 15.0 Å². The number of nitrogens with zero attached hydrogens (tertiary/aromatic N) is 1. The maximum atomic E-state index is 6.61. The summed E-state index contributed by atoms with van der Waals surface area (Å²) in [6, 6.07) is 50.8. The van der Waals surface area contributed by atoms with Crippen LogP contribution in [0.3, 0.4) is 0 Å². The molecule has 0 bridgehead atoms. The van der Waals surface area contributed by atoms with Gasteiger partial charge in [-0.3, -0.25) is 0 Å². The molecule has 0 saturated carbocycles. The maximum Gasteiger partial charge on any atom is 0.196 e. The van der Waals surface area contributed by atoms with Crippen molar-refractivity contribution < 1.29 is 4.74 Å². The van der Waals surface area contributed by atoms with Gasteiger partial charge in [0.15, 0.2) is 12.0 Å². The van der Waals surface area contributed by atoms with Gasteiger partial charge in [0, 0.05) is 16.9 Å². The monoisotopic (exact) mass is 490 g/mol. The average Bonchev–Trinajstić information content (AvgIpc) is 3.44. The van der Waals surface area contributed by atoms with E-state index in [9.17, 15) is 0 Å². The molecular formula is C35H26N2O. The summed E-state index contributed by atoms with van der Waals surface area (Å²) in [6.45, 7) is 0. The topological polar surface area (TPSA) is 24.5 Å². The van der Waals surface area contributed by atoms with Crippen molar-refractivity contribution in [1.82, 2.24) is 0 Å². The van der Waals surface area contributed by atoms with Crippen LogP contribution in [0.1, 0.15) is 11.8 Å². The molecule has 3 nitrogen and oxygen atoms in total. The Morgan fingerprint density at radius 1 is 0.526 bits per heavy atom. The first-order chi connectivity index (χ1) is 18.8. The second-order valence-electron chi connectivity index (χ2n) is 9.45. The summed E-state index contributed by atoms with van der Waals surface area (Å²) in [5.74, 6) is 0.883. The molecule has 0 radical (unpaired) electrons. The van der Waals surface area contributed by atoms with Crippen LogP contribution in [0, 0.1) is 0 Å². The lowest BCUT2D eigenvalue weighted by atomic mass is 10.0. The highest BCUT2D eigenvalue weighted by atomic mass is 16.5. The van der Waals surface area contributed by atoms with E-state index in [0.717, 1.165) is 44.8 Å². The summed E-state index contributed by atoms with van der Waals surface area (Å²) in [6.07, 6.45) is -0.222. The van der Waals surface area contributed by atoms with E-state index >= 15 is 0 Å². The van der Waals surface area contributed by atoms with Gasteiger partial charge in [0.1, 0.15) is 0 Å². The quantitative estimate of drug-likeness (QED) is 0.260. The minimum atomic E-state index is -0.222. The highest BCUT2D eigenvalue weighted by Gasteiger charge is 2.28. The summed E-state index contributed by atoms with van der Waals surface area (Å²) in [5, 5.41) is 5.80. The predicted molar refractivity (Wildman–Crippen MR) is 158 cm³/mol. The second-order valence-corrected chi connectivity index (χ2v) is 9.45. The van der Waals surface area contributed by atoms with E-state index in [1.807, 2.05) is 24.3 Å². The van der Waals surface area contributed by atoms with Gasteiger partial charge < -0.3 is 15.0 Å². The zero-order chi connectivity index (χ0) is 25.3. The molecule has 1 heterocycles. The number of anilines is 4. The van der Waals surface area contributed by atoms with E-state index in [4.69, 9.17) is 4.74 Å². The number of hydrogen-bond donors (Lipinski definition) is 1. The molecule has 0 amide bonds. The van der Waals surface area contributed by atoms with Crippen molar-refractivity contribution in [2.45, 2.75) is 6.23 Å². The lowest BCUT2D eigenvalue weighted by molar-refractivity contribution is 0.262. The number of para-hydroxylation sites is 1. The van der Waals surface area contributed by atoms with Crippen LogP contribution in [0.4, 0.5) is 22.7 Å². The molecule has 1 N–H and O–H groups in total. The first-order valence-electron chi connectivity index (χ1n) is 12.9. The van der Waals surface area contributed by atoms with E-state index in [-0.39, 0.29) is 6.23 Å². The van der Waals surface area contributed by atoms with Crippen LogP contribution in [-0.4, -0.2) is 0 Å². The third-order valence-corrected chi connectivity index (χ3v) is 7.09. The molecule has 6 aromatic rings. The molecular weight excluding hydrogens is 464 g/mol. The molecule has 1 atom stereocenters. The van der Waals surface area contributed by atoms with E-state index in [0.29, 0.717) is 0 Å². The van der Waals surface area contributed by atoms with Gasteiger partial charge in [0.25, 0.3) is 0 Å². The van der Waals surface area contributed by atoms with E-state index in [2.05, 4.69) is 132 Å². The molecule has 0 saturated heterocycles. The molecule has 182 valence electrons. The third-order valence-electron chi connectivity index (χ3n) is 7.09. The minimum absolute atomic E-state index is 0.222. The van der Waals surface area contributed by atoms with Gasteiger partial charge in [-0.2, -0.15) is 0 Å². The summed E-state index contributed by atoms with van der Waals surface area (Å²) < 4.78 is 6.61. The lowest BCUT2D eigenvalue weighted by Gasteiger charge is -2.27. The fourth-order valence-electron chi connectivity index (χ4n) is 5.26. The molecule has 1 unspecified atom stereocenters. The normalized spacial score (nSPS) is 13.9. The molecule has 0 aliphatic carbocycles. The third kappa shape index (κ3) is 3.95. The minimum Gasteiger partial charge on any atom is -0.464 e. The van der Waals surface area contributed by atoms with E-state index in [1.165, 1.54) is 11.1 Å². The van der Waals surface area contributed by atoms with Gasteiger partial charge in [-0.25, -0.2) is 0 Å². The van der Waals surface area contributed by atoms with Crippen LogP contribution in [0.15, 0.2) is 146 Å². The molecule has 0 aromatic heterocycles. The largest absolute Gasteiger partial charge is 0.464 e. The van der Waals surface area contributed by atoms with Crippen LogP contribution in [0.5, 0.6) is 5.75 Å². The van der Waals surface area contributed by atoms with Crippen molar-refractivity contribution in [3.05, 3.63) is 151 Å². The van der Waals surface area contributed by atoms with Crippen molar-refractivity contribution in [3.8, 4) is 16.9 Å². The first kappa shape index (κ1) is 22.2. The van der Waals surface area contributed by atoms with Crippen LogP contribution >= 0.6 is 0 Å². The molecule has 38 heavy (non-hydrogen) atoms. The van der Waals surface area contributed by atoms with Crippen LogP contribution in [0.2, 0.25) is 0 Å². The van der Waals surface area contributed by atoms with Crippen molar-refractivity contribution in [2.24, 2.45) is 0 Å². The van der Waals surface area contributed by atoms with Crippen LogP contribution in [-0.2, 0) is 0 Å². The van der Waals surface area contributed by atoms with Crippen LogP contribution in [0.25, 0.3) is 21.9 Å². The van der Waals surface area contributed by atoms with Gasteiger partial charge in [0.05, 0.1) is 16.8 Å². The Labute approximate surface area is 222 Å². The Kier molecular flexibility index (Phi) is 5.52. The van der Waals surface area contributed by atoms with E-state index in [1.54, 1.807) is 0 Å². The first-order valence-corrected chi connectivity index (χ1v) is 12.9. The highest BCUT2D eigenvalue weighted by Crippen LogP contribution is 2.49. The number of rotatable bonds is 5. The maximum absolute atomic E-state index is 6.61. The van der Waals surface area contributed by atoms with E-state index < -0.39 is 0 Å². The average molecular weight is 491 g/mol. The standard InChI is InChI=1S/C35H26N2O/c1-4-11-25(12-5-1)26-19-22-30(23-20-26)37(29-16-8-3-9-17-29)32-18-10-15-27-21-24-31-34(33(27)32)38-35(36-31)28-13-6-2-7-14-28/h1-24,35-36H. The Hall–Kier alpha value is -5.02. The van der Waals surface area contributed by atoms with Crippen molar-refractivity contribution in [2.75, 3.05) is 10.2 Å². The molecule has 7 rings (SSSR count). The smallest absolute Gasteiger partial charge is 0.196 e. The Balaban J connectivity index is 1.37. The van der Waals surface area contributed by atoms with Crippen molar-refractivity contribution in [3.63, 3.8) is 0 Å². The molecule has 1 aliphatic rings. The molecule has 1 aliphatic heterocycles. The van der Waals surface area contributed by atoms with Gasteiger partial charge in [-0.05, 0) is 52.9 Å². The van der Waals surface area contributed by atoms with Gasteiger partial charge in [0.2, 0.25) is 0 Å². The number of ether oxygens (including phenoxy) is 1. The SMILES string of the molecule is c1ccc(-c2ccc(N(c3ccccc3)c3cccc4ccc5c(c34)OC(c3ccccc3)N5)cc2)cc1. The Bertz CT molecular complexity index is 1700. The Morgan fingerprint density at radius 2 is 1.16 bits per heavy atom. The molecule has 3 heteroatoms. The van der Waals surface area contributed by atoms with Gasteiger partial charge in [-0.1, -0.05) is 109 Å². The number of hydrogen-bond acceptors (Lipinski definition) is 3. The second kappa shape index (κ2) is 9.45. The summed E-state index contributed by atoms with van der Waals surface area (Å²) in [7, 11) is 0. The van der Waals surface area contributed by atoms with Gasteiger partial charge >= 0.3 is 0 Å². The number of nitrogens with one attached hydrogen (secondary N) is 1. The molecule has 6 aromatic carbocycles. The predicted octanol–water partition coefficient (Wildman–Crippen LogP) is 9.48. The number of benzene rings is 6. The fourth-order valence-corrected chi connectivity index (χ4v) is 5.26. The van der Waals surface area contributed by atoms with Crippen molar-refractivity contribution in [1.29, 1.82) is 0 Å². The van der Waals surface area contributed by atoms with Crippen molar-refractivity contribution >= 4 is 33.5 Å². The highest BCUT2D eigenvalue weighted by molar-refractivity contribution is 6.06. The zero-order valence-electron chi connectivity index (χ0n) is 20.8. The Morgan fingerprint density at radius 3 is 1.89 bits per heavy atom. The molecule has 0 spiro atoms. The zero-order valence-corrected chi connectivity index (χ0v) is 20.8. The molecule has 0 fully saturated rings. The summed E-state index contributed by atoms with van der Waals surface area (Å²) >= 11 is 0.